The Kier molecular flexibility index (Phi) is 7.81. The zero-order chi connectivity index (χ0) is 23.1. The van der Waals surface area contributed by atoms with Crippen LogP contribution in [0.2, 0.25) is 0 Å². The van der Waals surface area contributed by atoms with Crippen LogP contribution in [0.5, 0.6) is 0 Å². The van der Waals surface area contributed by atoms with Crippen LogP contribution in [0.3, 0.4) is 0 Å². The highest BCUT2D eigenvalue weighted by Gasteiger charge is 2.43. The first-order chi connectivity index (χ1) is 14.6. The number of carboxylic acid groups (broad SMARTS) is 1. The van der Waals surface area contributed by atoms with Gasteiger partial charge in [-0.3, -0.25) is 14.4 Å². The zero-order valence-electron chi connectivity index (χ0n) is 17.3. The minimum absolute atomic E-state index is 0.0351. The van der Waals surface area contributed by atoms with Crippen LogP contribution in [-0.4, -0.2) is 97.6 Å². The third kappa shape index (κ3) is 5.86. The lowest BCUT2D eigenvalue weighted by atomic mass is 9.98. The molecule has 0 saturated carbocycles. The molecule has 0 spiro atoms. The van der Waals surface area contributed by atoms with Crippen LogP contribution >= 0.6 is 0 Å². The van der Waals surface area contributed by atoms with Crippen LogP contribution in [0.15, 0.2) is 0 Å². The number of urea groups is 1. The van der Waals surface area contributed by atoms with Gasteiger partial charge in [0.1, 0.15) is 12.1 Å². The summed E-state index contributed by atoms with van der Waals surface area (Å²) in [6.45, 7) is 2.80. The van der Waals surface area contributed by atoms with Gasteiger partial charge in [-0.15, -0.1) is 10.2 Å². The van der Waals surface area contributed by atoms with E-state index in [4.69, 9.17) is 5.11 Å². The molecule has 15 nitrogen and oxygen atoms in total. The Bertz CT molecular complexity index is 830. The second-order valence-corrected chi connectivity index (χ2v) is 7.02. The Morgan fingerprint density at radius 1 is 1.29 bits per heavy atom. The number of H-pyrrole nitrogens is 1. The van der Waals surface area contributed by atoms with Crippen molar-refractivity contribution in [3.63, 3.8) is 0 Å². The minimum Gasteiger partial charge on any atom is -0.465 e. The van der Waals surface area contributed by atoms with Crippen molar-refractivity contribution in [2.24, 2.45) is 5.92 Å². The van der Waals surface area contributed by atoms with Crippen molar-refractivity contribution in [2.75, 3.05) is 20.1 Å². The van der Waals surface area contributed by atoms with Crippen LogP contribution < -0.4 is 16.0 Å². The molecule has 1 saturated heterocycles. The number of carbonyl (C=O) groups excluding carboxylic acids is 4. The summed E-state index contributed by atoms with van der Waals surface area (Å²) in [5.41, 5.74) is 0. The third-order valence-corrected chi connectivity index (χ3v) is 4.86. The van der Waals surface area contributed by atoms with Crippen molar-refractivity contribution in [3.8, 4) is 0 Å². The van der Waals surface area contributed by atoms with E-state index in [1.165, 1.54) is 11.9 Å². The molecule has 1 aromatic heterocycles. The smallest absolute Gasteiger partial charge is 0.405 e. The highest BCUT2D eigenvalue weighted by molar-refractivity contribution is 6.03. The molecule has 170 valence electrons. The molecule has 2 rings (SSSR count). The van der Waals surface area contributed by atoms with Crippen molar-refractivity contribution in [1.82, 2.24) is 46.4 Å². The number of aromatic nitrogens is 4. The van der Waals surface area contributed by atoms with Gasteiger partial charge in [-0.25, -0.2) is 14.5 Å². The number of tetrazole rings is 1. The van der Waals surface area contributed by atoms with E-state index < -0.39 is 48.5 Å². The second kappa shape index (κ2) is 10.3. The van der Waals surface area contributed by atoms with Gasteiger partial charge in [0.05, 0.1) is 19.6 Å². The van der Waals surface area contributed by atoms with Crippen molar-refractivity contribution in [3.05, 3.63) is 5.82 Å². The first-order valence-corrected chi connectivity index (χ1v) is 9.50. The molecule has 1 fully saturated rings. The van der Waals surface area contributed by atoms with Gasteiger partial charge in [0.2, 0.25) is 11.8 Å². The van der Waals surface area contributed by atoms with E-state index in [2.05, 4.69) is 36.6 Å². The maximum Gasteiger partial charge on any atom is 0.405 e. The van der Waals surface area contributed by atoms with Gasteiger partial charge < -0.3 is 26.0 Å². The normalized spacial score (nSPS) is 17.8. The first kappa shape index (κ1) is 23.5. The fourth-order valence-electron chi connectivity index (χ4n) is 2.95. The molecule has 1 aliphatic rings. The lowest BCUT2D eigenvalue weighted by molar-refractivity contribution is -0.136. The van der Waals surface area contributed by atoms with Gasteiger partial charge >= 0.3 is 12.1 Å². The number of likely N-dealkylation sites (N-methyl/N-ethyl adjacent to an activating group) is 1. The van der Waals surface area contributed by atoms with E-state index in [9.17, 15) is 24.0 Å². The van der Waals surface area contributed by atoms with Gasteiger partial charge in [-0.05, 0) is 5.92 Å². The molecule has 2 heterocycles. The number of hydrogen-bond acceptors (Lipinski definition) is 8. The third-order valence-electron chi connectivity index (χ3n) is 4.86. The summed E-state index contributed by atoms with van der Waals surface area (Å²) >= 11 is 0. The van der Waals surface area contributed by atoms with Crippen LogP contribution in [0.1, 0.15) is 26.1 Å². The van der Waals surface area contributed by atoms with E-state index in [0.29, 0.717) is 6.42 Å². The lowest BCUT2D eigenvalue weighted by Gasteiger charge is -2.24. The molecule has 0 aromatic carbocycles. The van der Waals surface area contributed by atoms with Gasteiger partial charge in [-0.2, -0.15) is 5.21 Å². The number of amides is 6. The van der Waals surface area contributed by atoms with E-state index in [0.717, 1.165) is 4.90 Å². The molecule has 6 amide bonds. The number of nitrogens with zero attached hydrogens (tertiary/aromatic N) is 5. The van der Waals surface area contributed by atoms with Gasteiger partial charge in [0.15, 0.2) is 5.82 Å². The summed E-state index contributed by atoms with van der Waals surface area (Å²) in [6, 6.07) is -2.88. The standard InChI is InChI=1S/C16H25N9O6/c1-4-8(2)12(19-15(29)30)14(28)18-6-11(26)25-9(7-24(3)16(25)31)13(27)17-5-10-20-22-23-21-10/h8-9,12,19H,4-7H2,1-3H3,(H,17,27)(H,18,28)(H,29,30)(H,20,21,22,23)/t8-,9-,12-/m0/s1. The predicted molar refractivity (Wildman–Crippen MR) is 102 cm³/mol. The van der Waals surface area contributed by atoms with Crippen LogP contribution in [-0.2, 0) is 20.9 Å². The van der Waals surface area contributed by atoms with Crippen LogP contribution in [0.25, 0.3) is 0 Å². The van der Waals surface area contributed by atoms with Gasteiger partial charge in [0.25, 0.3) is 5.91 Å². The molecule has 0 aliphatic carbocycles. The molecule has 1 aromatic rings. The predicted octanol–water partition coefficient (Wildman–Crippen LogP) is -2.12. The Hall–Kier alpha value is -3.78. The van der Waals surface area contributed by atoms with E-state index in [1.54, 1.807) is 13.8 Å². The fourth-order valence-corrected chi connectivity index (χ4v) is 2.95. The topological polar surface area (TPSA) is 203 Å². The summed E-state index contributed by atoms with van der Waals surface area (Å²) in [7, 11) is 1.43. The fraction of sp³-hybridized carbons (Fsp3) is 0.625. The summed E-state index contributed by atoms with van der Waals surface area (Å²) < 4.78 is 0. The Balaban J connectivity index is 2.01. The SMILES string of the molecule is CC[C@H](C)[C@H](NC(=O)O)C(=O)NCC(=O)N1C(=O)N(C)C[C@H]1C(=O)NCc1nn[nH]n1. The number of aromatic amines is 1. The van der Waals surface area contributed by atoms with Crippen molar-refractivity contribution < 1.29 is 29.1 Å². The summed E-state index contributed by atoms with van der Waals surface area (Å²) in [5.74, 6) is -2.22. The van der Waals surface area contributed by atoms with E-state index in [1.807, 2.05) is 0 Å². The Morgan fingerprint density at radius 2 is 2.00 bits per heavy atom. The average Bonchev–Trinajstić information content (AvgIpc) is 3.35. The first-order valence-electron chi connectivity index (χ1n) is 9.50. The van der Waals surface area contributed by atoms with Crippen LogP contribution in [0, 0.1) is 5.92 Å². The summed E-state index contributed by atoms with van der Waals surface area (Å²) in [6.07, 6.45) is -0.855. The molecule has 0 bridgehead atoms. The molecule has 1 aliphatic heterocycles. The maximum absolute atomic E-state index is 12.6. The molecule has 31 heavy (non-hydrogen) atoms. The highest BCUT2D eigenvalue weighted by Crippen LogP contribution is 2.15. The van der Waals surface area contributed by atoms with E-state index in [-0.39, 0.29) is 24.8 Å². The largest absolute Gasteiger partial charge is 0.465 e. The molecular formula is C16H25N9O6. The Labute approximate surface area is 176 Å². The zero-order valence-corrected chi connectivity index (χ0v) is 17.3. The van der Waals surface area contributed by atoms with Gasteiger partial charge in [-0.1, -0.05) is 25.5 Å². The number of carbonyl (C=O) groups is 5. The summed E-state index contributed by atoms with van der Waals surface area (Å²) in [4.78, 5) is 62.8. The monoisotopic (exact) mass is 439 g/mol. The second-order valence-electron chi connectivity index (χ2n) is 7.02. The summed E-state index contributed by atoms with van der Waals surface area (Å²) in [5, 5.41) is 28.9. The van der Waals surface area contributed by atoms with Crippen molar-refractivity contribution in [1.29, 1.82) is 0 Å². The Morgan fingerprint density at radius 3 is 2.58 bits per heavy atom. The number of nitrogens with one attached hydrogen (secondary N) is 4. The minimum atomic E-state index is -1.37. The average molecular weight is 439 g/mol. The molecular weight excluding hydrogens is 414 g/mol. The molecule has 5 N–H and O–H groups in total. The van der Waals surface area contributed by atoms with E-state index >= 15 is 0 Å². The van der Waals surface area contributed by atoms with Gasteiger partial charge in [0, 0.05) is 7.05 Å². The quantitative estimate of drug-likeness (QED) is 0.285. The molecule has 15 heteroatoms. The number of rotatable bonds is 9. The number of imide groups is 1. The molecule has 0 radical (unpaired) electrons. The highest BCUT2D eigenvalue weighted by atomic mass is 16.4. The van der Waals surface area contributed by atoms with Crippen LogP contribution in [0.4, 0.5) is 9.59 Å². The van der Waals surface area contributed by atoms with Crippen molar-refractivity contribution >= 4 is 29.8 Å². The molecule has 0 unspecified atom stereocenters. The molecule has 3 atom stereocenters. The lowest BCUT2D eigenvalue weighted by Crippen LogP contribution is -2.54. The maximum atomic E-state index is 12.6. The van der Waals surface area contributed by atoms with Crippen molar-refractivity contribution in [2.45, 2.75) is 38.9 Å². The number of hydrogen-bond donors (Lipinski definition) is 5.